The molecular weight excluding hydrogens is 366 g/mol. The van der Waals surface area contributed by atoms with E-state index in [1.165, 1.54) is 0 Å². The second kappa shape index (κ2) is 12.1. The number of carbonyl (C=O) groups is 1. The zero-order valence-corrected chi connectivity index (χ0v) is 17.7. The van der Waals surface area contributed by atoms with Crippen molar-refractivity contribution in [1.29, 1.82) is 0 Å². The van der Waals surface area contributed by atoms with E-state index in [-0.39, 0.29) is 11.9 Å². The third-order valence-electron chi connectivity index (χ3n) is 5.17. The lowest BCUT2D eigenvalue weighted by Crippen LogP contribution is -2.27. The predicted octanol–water partition coefficient (Wildman–Crippen LogP) is 3.88. The highest BCUT2D eigenvalue weighted by Gasteiger charge is 2.08. The molecule has 0 aliphatic rings. The number of likely N-dealkylation sites (N-methyl/N-ethyl adjacent to an activating group) is 1. The smallest absolute Gasteiger partial charge is 0.305 e. The van der Waals surface area contributed by atoms with Crippen LogP contribution >= 0.6 is 0 Å². The Hall–Kier alpha value is -2.56. The van der Waals surface area contributed by atoms with E-state index in [4.69, 9.17) is 4.74 Å². The van der Waals surface area contributed by atoms with Gasteiger partial charge in [-0.2, -0.15) is 0 Å². The highest BCUT2D eigenvalue weighted by Crippen LogP contribution is 2.22. The third kappa shape index (κ3) is 7.41. The molecule has 0 aliphatic heterocycles. The minimum absolute atomic E-state index is 0.141. The molecule has 0 saturated heterocycles. The second-order valence-corrected chi connectivity index (χ2v) is 7.23. The van der Waals surface area contributed by atoms with E-state index < -0.39 is 0 Å². The number of rotatable bonds is 12. The van der Waals surface area contributed by atoms with E-state index in [1.807, 2.05) is 25.3 Å². The average molecular weight is 398 g/mol. The molecule has 0 saturated carbocycles. The molecule has 29 heavy (non-hydrogen) atoms. The number of aryl methyl sites for hydroxylation is 1. The van der Waals surface area contributed by atoms with Gasteiger partial charge in [0.05, 0.1) is 12.1 Å². The van der Waals surface area contributed by atoms with Crippen LogP contribution in [0.15, 0.2) is 35.5 Å². The van der Waals surface area contributed by atoms with Crippen molar-refractivity contribution in [2.75, 3.05) is 32.8 Å². The van der Waals surface area contributed by atoms with Gasteiger partial charge in [-0.1, -0.05) is 26.8 Å². The van der Waals surface area contributed by atoms with E-state index in [2.05, 4.69) is 40.9 Å². The molecule has 1 aromatic heterocycles. The predicted molar refractivity (Wildman–Crippen MR) is 115 cm³/mol. The summed E-state index contributed by atoms with van der Waals surface area (Å²) in [7, 11) is 0. The van der Waals surface area contributed by atoms with Gasteiger partial charge in [0.2, 0.25) is 6.08 Å². The normalized spacial score (nSPS) is 12.0. The molecule has 6 nitrogen and oxygen atoms in total. The first kappa shape index (κ1) is 22.7. The maximum Gasteiger partial charge on any atom is 0.305 e. The Kier molecular flexibility index (Phi) is 9.48. The summed E-state index contributed by atoms with van der Waals surface area (Å²) in [5.41, 5.74) is 3.15. The molecule has 1 aromatic carbocycles. The number of hydrogen-bond donors (Lipinski definition) is 0. The number of esters is 1. The summed E-state index contributed by atoms with van der Waals surface area (Å²) < 4.78 is 5.33. The van der Waals surface area contributed by atoms with Crippen LogP contribution in [0.25, 0.3) is 10.9 Å². The van der Waals surface area contributed by atoms with Crippen molar-refractivity contribution in [3.63, 3.8) is 0 Å². The van der Waals surface area contributed by atoms with Crippen LogP contribution in [0.2, 0.25) is 0 Å². The van der Waals surface area contributed by atoms with Crippen LogP contribution < -0.4 is 0 Å². The first-order valence-corrected chi connectivity index (χ1v) is 10.4. The lowest BCUT2D eigenvalue weighted by molar-refractivity contribution is -0.144. The lowest BCUT2D eigenvalue weighted by Gasteiger charge is -2.17. The fourth-order valence-electron chi connectivity index (χ4n) is 3.26. The van der Waals surface area contributed by atoms with Gasteiger partial charge in [-0.3, -0.25) is 9.78 Å². The number of isocyanates is 1. The molecule has 156 valence electrons. The number of hydrogen-bond acceptors (Lipinski definition) is 6. The maximum absolute atomic E-state index is 11.9. The van der Waals surface area contributed by atoms with Gasteiger partial charge >= 0.3 is 5.97 Å². The lowest BCUT2D eigenvalue weighted by atomic mass is 9.98. The van der Waals surface area contributed by atoms with Gasteiger partial charge in [-0.05, 0) is 55.3 Å². The summed E-state index contributed by atoms with van der Waals surface area (Å²) in [5.74, 6) is 0.00775. The summed E-state index contributed by atoms with van der Waals surface area (Å²) in [6, 6.07) is 8.22. The van der Waals surface area contributed by atoms with Gasteiger partial charge in [-0.25, -0.2) is 9.79 Å². The number of benzene rings is 1. The summed E-state index contributed by atoms with van der Waals surface area (Å²) >= 11 is 0. The first-order chi connectivity index (χ1) is 14.1. The van der Waals surface area contributed by atoms with Crippen LogP contribution in [0.3, 0.4) is 0 Å². The molecule has 1 unspecified atom stereocenters. The van der Waals surface area contributed by atoms with Crippen molar-refractivity contribution in [3.05, 3.63) is 41.6 Å². The van der Waals surface area contributed by atoms with Crippen molar-refractivity contribution in [2.45, 2.75) is 46.0 Å². The maximum atomic E-state index is 11.9. The Morgan fingerprint density at radius 2 is 2.07 bits per heavy atom. The summed E-state index contributed by atoms with van der Waals surface area (Å²) in [4.78, 5) is 32.7. The monoisotopic (exact) mass is 397 g/mol. The molecule has 1 atom stereocenters. The van der Waals surface area contributed by atoms with Crippen LogP contribution in [-0.4, -0.2) is 54.7 Å². The van der Waals surface area contributed by atoms with Crippen molar-refractivity contribution in [1.82, 2.24) is 9.88 Å². The van der Waals surface area contributed by atoms with Crippen LogP contribution in [-0.2, 0) is 20.7 Å². The number of nitrogens with zero attached hydrogens (tertiary/aromatic N) is 3. The van der Waals surface area contributed by atoms with Crippen molar-refractivity contribution < 1.29 is 14.3 Å². The van der Waals surface area contributed by atoms with Crippen LogP contribution in [0.5, 0.6) is 0 Å². The summed E-state index contributed by atoms with van der Waals surface area (Å²) in [6.07, 6.45) is 5.39. The molecule has 0 fully saturated rings. The van der Waals surface area contributed by atoms with Crippen LogP contribution in [0, 0.1) is 0 Å². The largest absolute Gasteiger partial charge is 0.464 e. The summed E-state index contributed by atoms with van der Waals surface area (Å²) in [6.45, 7) is 9.84. The third-order valence-corrected chi connectivity index (χ3v) is 5.17. The van der Waals surface area contributed by atoms with Gasteiger partial charge in [0, 0.05) is 30.5 Å². The quantitative estimate of drug-likeness (QED) is 0.309. The highest BCUT2D eigenvalue weighted by molar-refractivity contribution is 5.80. The number of aromatic nitrogens is 1. The van der Waals surface area contributed by atoms with Crippen molar-refractivity contribution in [3.8, 4) is 0 Å². The SMILES string of the molecule is CCN(CC)CCOC(=O)CCCc1cnc2ccc(C(C)CN=C=O)cc2c1. The molecule has 1 heterocycles. The average Bonchev–Trinajstić information content (AvgIpc) is 2.74. The molecule has 0 radical (unpaired) electrons. The molecule has 2 aromatic rings. The number of pyridine rings is 1. The van der Waals surface area contributed by atoms with Gasteiger partial charge in [0.15, 0.2) is 0 Å². The van der Waals surface area contributed by atoms with Crippen molar-refractivity contribution in [2.24, 2.45) is 4.99 Å². The van der Waals surface area contributed by atoms with E-state index in [0.717, 1.165) is 54.5 Å². The number of ether oxygens (including phenoxy) is 1. The van der Waals surface area contributed by atoms with E-state index in [1.54, 1.807) is 6.08 Å². The standard InChI is InChI=1S/C23H31N3O3/c1-4-26(5-2)11-12-29-23(28)8-6-7-19-13-21-14-20(18(3)15-24-17-27)9-10-22(21)25-16-19/h9-10,13-14,16,18H,4-8,11-12,15H2,1-3H3. The molecule has 0 aliphatic carbocycles. The summed E-state index contributed by atoms with van der Waals surface area (Å²) in [5, 5.41) is 1.06. The fourth-order valence-corrected chi connectivity index (χ4v) is 3.26. The Labute approximate surface area is 173 Å². The fraction of sp³-hybridized carbons (Fsp3) is 0.522. The second-order valence-electron chi connectivity index (χ2n) is 7.23. The molecule has 0 N–H and O–H groups in total. The number of fused-ring (bicyclic) bond motifs is 1. The first-order valence-electron chi connectivity index (χ1n) is 10.4. The molecule has 0 spiro atoms. The number of carbonyl (C=O) groups excluding carboxylic acids is 2. The minimum atomic E-state index is -0.141. The van der Waals surface area contributed by atoms with E-state index in [0.29, 0.717) is 19.6 Å². The van der Waals surface area contributed by atoms with Gasteiger partial charge in [0.1, 0.15) is 6.61 Å². The van der Waals surface area contributed by atoms with Crippen LogP contribution in [0.4, 0.5) is 0 Å². The van der Waals surface area contributed by atoms with E-state index >= 15 is 0 Å². The van der Waals surface area contributed by atoms with Crippen molar-refractivity contribution >= 4 is 23.0 Å². The van der Waals surface area contributed by atoms with Crippen LogP contribution in [0.1, 0.15) is 50.7 Å². The molecular formula is C23H31N3O3. The minimum Gasteiger partial charge on any atom is -0.464 e. The topological polar surface area (TPSA) is 71.9 Å². The number of aliphatic imine (C=N–C) groups is 1. The molecule has 2 rings (SSSR count). The molecule has 0 amide bonds. The Bertz CT molecular complexity index is 842. The van der Waals surface area contributed by atoms with Gasteiger partial charge in [0.25, 0.3) is 0 Å². The Balaban J connectivity index is 1.86. The highest BCUT2D eigenvalue weighted by atomic mass is 16.5. The zero-order chi connectivity index (χ0) is 21.1. The van der Waals surface area contributed by atoms with E-state index in [9.17, 15) is 9.59 Å². The Morgan fingerprint density at radius 3 is 2.79 bits per heavy atom. The zero-order valence-electron chi connectivity index (χ0n) is 17.7. The molecule has 0 bridgehead atoms. The van der Waals surface area contributed by atoms with Gasteiger partial charge in [-0.15, -0.1) is 0 Å². The Morgan fingerprint density at radius 1 is 1.28 bits per heavy atom. The molecule has 6 heteroatoms. The van der Waals surface area contributed by atoms with Gasteiger partial charge < -0.3 is 9.64 Å².